The van der Waals surface area contributed by atoms with Crippen LogP contribution in [0.25, 0.3) is 0 Å². The summed E-state index contributed by atoms with van der Waals surface area (Å²) in [6.07, 6.45) is 0.557. The molecule has 6 nitrogen and oxygen atoms in total. The molecule has 0 saturated carbocycles. The highest BCUT2D eigenvalue weighted by Crippen LogP contribution is 2.28. The van der Waals surface area contributed by atoms with Gasteiger partial charge in [-0.15, -0.1) is 4.40 Å². The number of hydrogen-bond donors (Lipinski definition) is 2. The van der Waals surface area contributed by atoms with Crippen molar-refractivity contribution in [2.24, 2.45) is 10.3 Å². The maximum absolute atomic E-state index is 12.9. The Morgan fingerprint density at radius 3 is 2.63 bits per heavy atom. The van der Waals surface area contributed by atoms with Gasteiger partial charge in [-0.3, -0.25) is 4.79 Å². The Bertz CT molecular complexity index is 972. The lowest BCUT2D eigenvalue weighted by Gasteiger charge is -2.20. The predicted octanol–water partition coefficient (Wildman–Crippen LogP) is 3.07. The third-order valence-corrected chi connectivity index (χ3v) is 5.53. The standard InChI is InChI=1S/C19H20FN3O3S/c1-13(11-19(24)21-12-14-6-8-15(20)9-7-14)10-18-22-16-4-2-3-5-17(16)27(25,26)23-18/h2-9,13H,10-12H2,1H3,(H,21,24)(H,22,23)/t13-/m0/s1. The van der Waals surface area contributed by atoms with Crippen molar-refractivity contribution in [2.75, 3.05) is 5.32 Å². The number of para-hydroxylation sites is 1. The highest BCUT2D eigenvalue weighted by atomic mass is 32.2. The zero-order valence-electron chi connectivity index (χ0n) is 14.8. The molecule has 1 heterocycles. The van der Waals surface area contributed by atoms with E-state index < -0.39 is 10.0 Å². The van der Waals surface area contributed by atoms with E-state index in [-0.39, 0.29) is 29.0 Å². The number of nitrogens with zero attached hydrogens (tertiary/aromatic N) is 1. The quantitative estimate of drug-likeness (QED) is 0.795. The molecule has 0 spiro atoms. The zero-order valence-corrected chi connectivity index (χ0v) is 15.6. The van der Waals surface area contributed by atoms with Gasteiger partial charge in [0.2, 0.25) is 5.91 Å². The minimum atomic E-state index is -3.72. The van der Waals surface area contributed by atoms with Crippen molar-refractivity contribution in [3.8, 4) is 0 Å². The van der Waals surface area contributed by atoms with Crippen LogP contribution >= 0.6 is 0 Å². The van der Waals surface area contributed by atoms with E-state index in [2.05, 4.69) is 15.0 Å². The summed E-state index contributed by atoms with van der Waals surface area (Å²) < 4.78 is 41.2. The highest BCUT2D eigenvalue weighted by Gasteiger charge is 2.25. The Morgan fingerprint density at radius 1 is 1.19 bits per heavy atom. The number of halogens is 1. The van der Waals surface area contributed by atoms with Gasteiger partial charge < -0.3 is 10.6 Å². The normalized spacial score (nSPS) is 15.9. The molecule has 1 atom stereocenters. The number of amidine groups is 1. The van der Waals surface area contributed by atoms with E-state index in [1.54, 1.807) is 30.3 Å². The Morgan fingerprint density at radius 2 is 1.89 bits per heavy atom. The lowest BCUT2D eigenvalue weighted by atomic mass is 10.0. The monoisotopic (exact) mass is 389 g/mol. The van der Waals surface area contributed by atoms with Crippen LogP contribution in [0.3, 0.4) is 0 Å². The molecule has 0 bridgehead atoms. The second-order valence-corrected chi connectivity index (χ2v) is 8.12. The van der Waals surface area contributed by atoms with Gasteiger partial charge in [0, 0.05) is 19.4 Å². The van der Waals surface area contributed by atoms with Crippen LogP contribution in [0.15, 0.2) is 57.8 Å². The number of nitrogens with one attached hydrogen (secondary N) is 2. The van der Waals surface area contributed by atoms with Crippen molar-refractivity contribution < 1.29 is 17.6 Å². The molecule has 142 valence electrons. The lowest BCUT2D eigenvalue weighted by Crippen LogP contribution is -2.27. The first-order chi connectivity index (χ1) is 12.8. The first-order valence-corrected chi connectivity index (χ1v) is 9.98. The van der Waals surface area contributed by atoms with Gasteiger partial charge in [-0.25, -0.2) is 4.39 Å². The SMILES string of the molecule is C[C@H](CC(=O)NCc1ccc(F)cc1)CC1=NS(=O)(=O)c2ccccc2N1. The van der Waals surface area contributed by atoms with Crippen molar-refractivity contribution >= 4 is 27.5 Å². The van der Waals surface area contributed by atoms with Crippen LogP contribution in [0.4, 0.5) is 10.1 Å². The molecular formula is C19H20FN3O3S. The number of sulfonamides is 1. The number of anilines is 1. The maximum Gasteiger partial charge on any atom is 0.286 e. The van der Waals surface area contributed by atoms with E-state index in [9.17, 15) is 17.6 Å². The summed E-state index contributed by atoms with van der Waals surface area (Å²) >= 11 is 0. The topological polar surface area (TPSA) is 87.6 Å². The summed E-state index contributed by atoms with van der Waals surface area (Å²) in [5, 5.41) is 5.80. The largest absolute Gasteiger partial charge is 0.352 e. The van der Waals surface area contributed by atoms with Crippen molar-refractivity contribution in [3.05, 3.63) is 59.9 Å². The van der Waals surface area contributed by atoms with Gasteiger partial charge in [0.15, 0.2) is 0 Å². The molecule has 2 N–H and O–H groups in total. The Hall–Kier alpha value is -2.74. The fraction of sp³-hybridized carbons (Fsp3) is 0.263. The average Bonchev–Trinajstić information content (AvgIpc) is 2.60. The van der Waals surface area contributed by atoms with Crippen molar-refractivity contribution in [1.29, 1.82) is 0 Å². The zero-order chi connectivity index (χ0) is 19.4. The second-order valence-electron chi connectivity index (χ2n) is 6.55. The van der Waals surface area contributed by atoms with E-state index in [1.807, 2.05) is 6.92 Å². The molecule has 2 aromatic carbocycles. The Balaban J connectivity index is 1.55. The smallest absolute Gasteiger partial charge is 0.286 e. The van der Waals surface area contributed by atoms with E-state index in [1.165, 1.54) is 18.2 Å². The van der Waals surface area contributed by atoms with Gasteiger partial charge >= 0.3 is 0 Å². The Labute approximate surface area is 157 Å². The van der Waals surface area contributed by atoms with Crippen molar-refractivity contribution in [2.45, 2.75) is 31.2 Å². The predicted molar refractivity (Wildman–Crippen MR) is 101 cm³/mol. The molecule has 0 unspecified atom stereocenters. The number of benzene rings is 2. The molecule has 8 heteroatoms. The van der Waals surface area contributed by atoms with Gasteiger partial charge in [-0.1, -0.05) is 31.2 Å². The van der Waals surface area contributed by atoms with Gasteiger partial charge in [0.1, 0.15) is 16.5 Å². The lowest BCUT2D eigenvalue weighted by molar-refractivity contribution is -0.122. The molecule has 0 aliphatic carbocycles. The third kappa shape index (κ3) is 4.91. The summed E-state index contributed by atoms with van der Waals surface area (Å²) in [5.74, 6) is -0.264. The molecule has 2 aromatic rings. The van der Waals surface area contributed by atoms with Gasteiger partial charge in [-0.05, 0) is 35.7 Å². The molecule has 27 heavy (non-hydrogen) atoms. The number of fused-ring (bicyclic) bond motifs is 1. The van der Waals surface area contributed by atoms with Gasteiger partial charge in [0.05, 0.1) is 5.69 Å². The number of carbonyl (C=O) groups excluding carboxylic acids is 1. The molecule has 0 radical (unpaired) electrons. The van der Waals surface area contributed by atoms with Crippen molar-refractivity contribution in [3.63, 3.8) is 0 Å². The van der Waals surface area contributed by atoms with E-state index in [0.717, 1.165) is 5.56 Å². The number of rotatable bonds is 6. The molecule has 1 amide bonds. The summed E-state index contributed by atoms with van der Waals surface area (Å²) in [6, 6.07) is 12.5. The summed E-state index contributed by atoms with van der Waals surface area (Å²) in [6.45, 7) is 2.17. The molecule has 3 rings (SSSR count). The van der Waals surface area contributed by atoms with Gasteiger partial charge in [-0.2, -0.15) is 8.42 Å². The first kappa shape index (κ1) is 19.0. The van der Waals surface area contributed by atoms with Crippen LogP contribution in [0, 0.1) is 11.7 Å². The minimum absolute atomic E-state index is 0.107. The summed E-state index contributed by atoms with van der Waals surface area (Å²) in [5.41, 5.74) is 1.30. The van der Waals surface area contributed by atoms with Crippen molar-refractivity contribution in [1.82, 2.24) is 5.32 Å². The van der Waals surface area contributed by atoms with Crippen LogP contribution < -0.4 is 10.6 Å². The minimum Gasteiger partial charge on any atom is -0.352 e. The number of amides is 1. The van der Waals surface area contributed by atoms with Crippen LogP contribution in [-0.4, -0.2) is 20.2 Å². The molecule has 0 saturated heterocycles. The number of carbonyl (C=O) groups is 1. The van der Waals surface area contributed by atoms with Crippen LogP contribution in [0.5, 0.6) is 0 Å². The molecule has 0 aromatic heterocycles. The first-order valence-electron chi connectivity index (χ1n) is 8.54. The van der Waals surface area contributed by atoms with E-state index in [4.69, 9.17) is 0 Å². The number of hydrogen-bond acceptors (Lipinski definition) is 4. The van der Waals surface area contributed by atoms with Crippen LogP contribution in [-0.2, 0) is 21.4 Å². The highest BCUT2D eigenvalue weighted by molar-refractivity contribution is 7.90. The maximum atomic E-state index is 12.9. The van der Waals surface area contributed by atoms with E-state index >= 15 is 0 Å². The summed E-state index contributed by atoms with van der Waals surface area (Å²) in [4.78, 5) is 12.2. The van der Waals surface area contributed by atoms with Gasteiger partial charge in [0.25, 0.3) is 10.0 Å². The average molecular weight is 389 g/mol. The van der Waals surface area contributed by atoms with Crippen LogP contribution in [0.2, 0.25) is 0 Å². The summed E-state index contributed by atoms with van der Waals surface area (Å²) in [7, 11) is -3.72. The molecule has 0 fully saturated rings. The third-order valence-electron chi connectivity index (χ3n) is 4.15. The molecular weight excluding hydrogens is 369 g/mol. The second kappa shape index (κ2) is 7.87. The fourth-order valence-electron chi connectivity index (χ4n) is 2.85. The Kier molecular flexibility index (Phi) is 5.55. The fourth-order valence-corrected chi connectivity index (χ4v) is 4.01. The molecule has 1 aliphatic rings. The van der Waals surface area contributed by atoms with Crippen LogP contribution in [0.1, 0.15) is 25.3 Å². The van der Waals surface area contributed by atoms with E-state index in [0.29, 0.717) is 24.5 Å². The molecule has 1 aliphatic heterocycles.